The average Bonchev–Trinajstić information content (AvgIpc) is 2.97. The number of hydrogen-bond acceptors (Lipinski definition) is 6. The van der Waals surface area contributed by atoms with E-state index in [1.807, 2.05) is 19.3 Å². The van der Waals surface area contributed by atoms with Gasteiger partial charge in [0, 0.05) is 20.4 Å². The van der Waals surface area contributed by atoms with Crippen molar-refractivity contribution in [2.45, 2.75) is 13.2 Å². The van der Waals surface area contributed by atoms with Gasteiger partial charge in [-0.3, -0.25) is 4.68 Å². The van der Waals surface area contributed by atoms with Crippen LogP contribution in [0.25, 0.3) is 0 Å². The summed E-state index contributed by atoms with van der Waals surface area (Å²) >= 11 is 0. The number of carbonyl (C=O) groups is 1. The first kappa shape index (κ1) is 13.2. The fourth-order valence-corrected chi connectivity index (χ4v) is 1.70. The fraction of sp³-hybridized carbons (Fsp3) is 0.455. The summed E-state index contributed by atoms with van der Waals surface area (Å²) < 4.78 is 13.0. The third-order valence-electron chi connectivity index (χ3n) is 2.58. The lowest BCUT2D eigenvalue weighted by atomic mass is 10.3. The van der Waals surface area contributed by atoms with E-state index in [9.17, 15) is 4.79 Å². The number of hydrogen-bond donors (Lipinski definition) is 0. The van der Waals surface area contributed by atoms with Gasteiger partial charge < -0.3 is 9.47 Å². The second-order valence-corrected chi connectivity index (χ2v) is 3.95. The van der Waals surface area contributed by atoms with Crippen molar-refractivity contribution >= 4 is 5.97 Å². The monoisotopic (exact) mass is 265 g/mol. The zero-order valence-electron chi connectivity index (χ0n) is 11.0. The van der Waals surface area contributed by atoms with Crippen molar-refractivity contribution in [3.8, 4) is 0 Å². The van der Waals surface area contributed by atoms with Gasteiger partial charge in [0.05, 0.1) is 31.6 Å². The molecule has 0 aliphatic heterocycles. The number of nitrogens with zero attached hydrogens (tertiary/aromatic N) is 5. The van der Waals surface area contributed by atoms with Crippen LogP contribution in [0.4, 0.5) is 0 Å². The van der Waals surface area contributed by atoms with Gasteiger partial charge in [-0.2, -0.15) is 5.10 Å². The average molecular weight is 265 g/mol. The van der Waals surface area contributed by atoms with Crippen LogP contribution in [0.15, 0.2) is 12.3 Å². The largest absolute Gasteiger partial charge is 0.464 e. The molecule has 0 amide bonds. The molecule has 0 atom stereocenters. The smallest absolute Gasteiger partial charge is 0.360 e. The molecule has 0 radical (unpaired) electrons. The molecule has 2 aromatic rings. The lowest BCUT2D eigenvalue weighted by molar-refractivity contribution is 0.0588. The predicted molar refractivity (Wildman–Crippen MR) is 64.4 cm³/mol. The van der Waals surface area contributed by atoms with Crippen molar-refractivity contribution in [1.82, 2.24) is 24.8 Å². The predicted octanol–water partition coefficient (Wildman–Crippen LogP) is -0.00710. The maximum Gasteiger partial charge on any atom is 0.360 e. The minimum absolute atomic E-state index is 0.167. The standard InChI is InChI=1S/C11H15N5O3/c1-15-5-4-8(13-15)6-16-9(7-18-2)10(12-14-16)11(17)19-3/h4-5H,6-7H2,1-3H3. The van der Waals surface area contributed by atoms with E-state index in [-0.39, 0.29) is 12.3 Å². The van der Waals surface area contributed by atoms with Gasteiger partial charge in [-0.15, -0.1) is 5.10 Å². The number of esters is 1. The zero-order valence-corrected chi connectivity index (χ0v) is 11.0. The third-order valence-corrected chi connectivity index (χ3v) is 2.58. The van der Waals surface area contributed by atoms with Crippen molar-refractivity contribution in [3.05, 3.63) is 29.3 Å². The number of methoxy groups -OCH3 is 2. The van der Waals surface area contributed by atoms with Gasteiger partial charge in [-0.05, 0) is 6.07 Å². The molecule has 0 aliphatic rings. The van der Waals surface area contributed by atoms with E-state index in [1.54, 1.807) is 16.5 Å². The van der Waals surface area contributed by atoms with Crippen molar-refractivity contribution in [2.24, 2.45) is 7.05 Å². The molecular weight excluding hydrogens is 250 g/mol. The summed E-state index contributed by atoms with van der Waals surface area (Å²) in [6, 6.07) is 1.87. The molecule has 0 fully saturated rings. The minimum atomic E-state index is -0.528. The molecular formula is C11H15N5O3. The zero-order chi connectivity index (χ0) is 13.8. The van der Waals surface area contributed by atoms with Gasteiger partial charge in [0.25, 0.3) is 0 Å². The van der Waals surface area contributed by atoms with Crippen LogP contribution in [0.1, 0.15) is 21.9 Å². The van der Waals surface area contributed by atoms with Crippen molar-refractivity contribution in [1.29, 1.82) is 0 Å². The van der Waals surface area contributed by atoms with E-state index < -0.39 is 5.97 Å². The maximum atomic E-state index is 11.6. The van der Waals surface area contributed by atoms with E-state index in [4.69, 9.17) is 4.74 Å². The van der Waals surface area contributed by atoms with Gasteiger partial charge in [0.2, 0.25) is 0 Å². The highest BCUT2D eigenvalue weighted by molar-refractivity contribution is 5.88. The Bertz CT molecular complexity index is 575. The minimum Gasteiger partial charge on any atom is -0.464 e. The highest BCUT2D eigenvalue weighted by atomic mass is 16.5. The Kier molecular flexibility index (Phi) is 3.91. The van der Waals surface area contributed by atoms with Crippen molar-refractivity contribution < 1.29 is 14.3 Å². The molecule has 0 aliphatic carbocycles. The first-order valence-electron chi connectivity index (χ1n) is 5.63. The van der Waals surface area contributed by atoms with Crippen LogP contribution in [0.3, 0.4) is 0 Å². The maximum absolute atomic E-state index is 11.6. The molecule has 8 nitrogen and oxygen atoms in total. The lowest BCUT2D eigenvalue weighted by Crippen LogP contribution is -2.11. The highest BCUT2D eigenvalue weighted by Crippen LogP contribution is 2.10. The molecule has 0 saturated heterocycles. The summed E-state index contributed by atoms with van der Waals surface area (Å²) in [4.78, 5) is 11.6. The van der Waals surface area contributed by atoms with Crippen LogP contribution >= 0.6 is 0 Å². The van der Waals surface area contributed by atoms with Crippen LogP contribution in [-0.2, 0) is 29.7 Å². The highest BCUT2D eigenvalue weighted by Gasteiger charge is 2.20. The van der Waals surface area contributed by atoms with Crippen LogP contribution in [-0.4, -0.2) is 45.0 Å². The quantitative estimate of drug-likeness (QED) is 0.707. The molecule has 2 aromatic heterocycles. The van der Waals surface area contributed by atoms with Crippen molar-refractivity contribution in [2.75, 3.05) is 14.2 Å². The molecule has 0 saturated carbocycles. The summed E-state index contributed by atoms with van der Waals surface area (Å²) in [5, 5.41) is 12.0. The van der Waals surface area contributed by atoms with Gasteiger partial charge in [-0.1, -0.05) is 5.21 Å². The number of rotatable bonds is 5. The van der Waals surface area contributed by atoms with E-state index in [1.165, 1.54) is 7.11 Å². The number of carbonyl (C=O) groups excluding carboxylic acids is 1. The topological polar surface area (TPSA) is 84.1 Å². The summed E-state index contributed by atoms with van der Waals surface area (Å²) in [5.74, 6) is -0.528. The van der Waals surface area contributed by atoms with Gasteiger partial charge in [0.1, 0.15) is 0 Å². The van der Waals surface area contributed by atoms with Crippen LogP contribution in [0.2, 0.25) is 0 Å². The van der Waals surface area contributed by atoms with Gasteiger partial charge in [-0.25, -0.2) is 9.48 Å². The molecule has 0 spiro atoms. The molecule has 0 N–H and O–H groups in total. The SMILES string of the molecule is COCc1c(C(=O)OC)nnn1Cc1ccn(C)n1. The van der Waals surface area contributed by atoms with Gasteiger partial charge in [0.15, 0.2) is 5.69 Å². The molecule has 2 rings (SSSR count). The Labute approximate surface area is 109 Å². The van der Waals surface area contributed by atoms with Crippen LogP contribution in [0.5, 0.6) is 0 Å². The summed E-state index contributed by atoms with van der Waals surface area (Å²) in [6.45, 7) is 0.647. The van der Waals surface area contributed by atoms with Crippen LogP contribution < -0.4 is 0 Å². The summed E-state index contributed by atoms with van der Waals surface area (Å²) in [7, 11) is 4.68. The Morgan fingerprint density at radius 1 is 1.42 bits per heavy atom. The van der Waals surface area contributed by atoms with Crippen molar-refractivity contribution in [3.63, 3.8) is 0 Å². The second-order valence-electron chi connectivity index (χ2n) is 3.95. The number of aromatic nitrogens is 5. The second kappa shape index (κ2) is 5.61. The Hall–Kier alpha value is -2.22. The Balaban J connectivity index is 2.29. The summed E-state index contributed by atoms with van der Waals surface area (Å²) in [6.07, 6.45) is 1.84. The normalized spacial score (nSPS) is 10.7. The Morgan fingerprint density at radius 3 is 2.79 bits per heavy atom. The molecule has 2 heterocycles. The van der Waals surface area contributed by atoms with E-state index in [0.717, 1.165) is 5.69 Å². The van der Waals surface area contributed by atoms with Gasteiger partial charge >= 0.3 is 5.97 Å². The third kappa shape index (κ3) is 2.79. The van der Waals surface area contributed by atoms with Crippen LogP contribution in [0, 0.1) is 0 Å². The molecule has 0 bridgehead atoms. The lowest BCUT2D eigenvalue weighted by Gasteiger charge is -2.05. The first-order valence-corrected chi connectivity index (χ1v) is 5.63. The van der Waals surface area contributed by atoms with E-state index >= 15 is 0 Å². The summed E-state index contributed by atoms with van der Waals surface area (Å²) in [5.41, 5.74) is 1.56. The number of aryl methyl sites for hydroxylation is 1. The first-order chi connectivity index (χ1) is 9.15. The molecule has 0 aromatic carbocycles. The number of ether oxygens (including phenoxy) is 2. The fourth-order valence-electron chi connectivity index (χ4n) is 1.70. The molecule has 19 heavy (non-hydrogen) atoms. The molecule has 0 unspecified atom stereocenters. The molecule has 102 valence electrons. The van der Waals surface area contributed by atoms with E-state index in [2.05, 4.69) is 20.1 Å². The Morgan fingerprint density at radius 2 is 2.21 bits per heavy atom. The van der Waals surface area contributed by atoms with E-state index in [0.29, 0.717) is 12.2 Å². The molecule has 8 heteroatoms.